The zero-order chi connectivity index (χ0) is 19.3. The first kappa shape index (κ1) is 20.9. The Kier molecular flexibility index (Phi) is 6.97. The second-order valence-electron chi connectivity index (χ2n) is 5.29. The average Bonchev–Trinajstić information content (AvgIpc) is 2.54. The van der Waals surface area contributed by atoms with Gasteiger partial charge in [-0.1, -0.05) is 6.07 Å². The number of halogens is 6. The van der Waals surface area contributed by atoms with Gasteiger partial charge in [-0.05, 0) is 49.5 Å². The molecule has 0 amide bonds. The molecule has 1 aromatic carbocycles. The maximum absolute atomic E-state index is 12.7. The Labute approximate surface area is 138 Å². The summed E-state index contributed by atoms with van der Waals surface area (Å²) >= 11 is 0. The summed E-state index contributed by atoms with van der Waals surface area (Å²) in [4.78, 5) is 19.8. The van der Waals surface area contributed by atoms with Gasteiger partial charge in [0.1, 0.15) is 6.29 Å². The summed E-state index contributed by atoms with van der Waals surface area (Å²) in [6, 6.07) is 3.36. The van der Waals surface area contributed by atoms with Crippen LogP contribution in [0.4, 0.5) is 26.3 Å². The summed E-state index contributed by atoms with van der Waals surface area (Å²) in [7, 11) is 0. The molecule has 0 atom stereocenters. The van der Waals surface area contributed by atoms with Gasteiger partial charge in [0.05, 0.1) is 5.56 Å². The first-order valence-corrected chi connectivity index (χ1v) is 7.14. The van der Waals surface area contributed by atoms with Gasteiger partial charge in [0, 0.05) is 5.56 Å². The molecule has 1 heterocycles. The van der Waals surface area contributed by atoms with Crippen molar-refractivity contribution in [2.45, 2.75) is 31.1 Å². The number of hydrogen-bond acceptors (Lipinski definition) is 3. The number of alkyl halides is 6. The number of carbonyl (C=O) groups is 2. The number of aliphatic carboxylic acids is 1. The molecular formula is C15H15F6NO3. The van der Waals surface area contributed by atoms with Crippen LogP contribution in [0, 0.1) is 0 Å². The van der Waals surface area contributed by atoms with Gasteiger partial charge >= 0.3 is 18.3 Å². The molecule has 10 heteroatoms. The fraction of sp³-hybridized carbons (Fsp3) is 0.467. The molecule has 1 aromatic rings. The molecule has 0 aromatic heterocycles. The number of carboxylic acids is 1. The topological polar surface area (TPSA) is 66.4 Å². The maximum Gasteiger partial charge on any atom is 0.490 e. The van der Waals surface area contributed by atoms with Crippen molar-refractivity contribution in [3.63, 3.8) is 0 Å². The number of hydrogen-bond donors (Lipinski definition) is 2. The lowest BCUT2D eigenvalue weighted by atomic mass is 9.86. The molecule has 0 saturated carbocycles. The summed E-state index contributed by atoms with van der Waals surface area (Å²) < 4.78 is 69.7. The quantitative estimate of drug-likeness (QED) is 0.616. The van der Waals surface area contributed by atoms with Gasteiger partial charge in [0.25, 0.3) is 0 Å². The van der Waals surface area contributed by atoms with Crippen LogP contribution < -0.4 is 5.32 Å². The van der Waals surface area contributed by atoms with Crippen LogP contribution in [0.1, 0.15) is 40.2 Å². The largest absolute Gasteiger partial charge is 0.490 e. The Hall–Kier alpha value is -2.10. The van der Waals surface area contributed by atoms with Crippen molar-refractivity contribution in [2.24, 2.45) is 0 Å². The van der Waals surface area contributed by atoms with Crippen molar-refractivity contribution in [1.29, 1.82) is 0 Å². The Morgan fingerprint density at radius 2 is 1.64 bits per heavy atom. The van der Waals surface area contributed by atoms with Crippen molar-refractivity contribution >= 4 is 12.3 Å². The SMILES string of the molecule is O=C(O)C(F)(F)F.O=Cc1ccc(C(F)(F)F)cc1C1CCNCC1. The van der Waals surface area contributed by atoms with Crippen LogP contribution in [0.5, 0.6) is 0 Å². The molecule has 0 unspecified atom stereocenters. The normalized spacial score (nSPS) is 15.9. The van der Waals surface area contributed by atoms with Gasteiger partial charge in [-0.3, -0.25) is 4.79 Å². The molecule has 0 spiro atoms. The Balaban J connectivity index is 0.000000381. The summed E-state index contributed by atoms with van der Waals surface area (Å²) in [5, 5.41) is 10.3. The highest BCUT2D eigenvalue weighted by atomic mass is 19.4. The first-order chi connectivity index (χ1) is 11.5. The molecule has 2 N–H and O–H groups in total. The van der Waals surface area contributed by atoms with Crippen molar-refractivity contribution in [1.82, 2.24) is 5.32 Å². The van der Waals surface area contributed by atoms with Crippen molar-refractivity contribution < 1.29 is 41.0 Å². The van der Waals surface area contributed by atoms with E-state index in [1.807, 2.05) is 0 Å². The van der Waals surface area contributed by atoms with E-state index in [-0.39, 0.29) is 5.92 Å². The standard InChI is InChI=1S/C13H14F3NO.C2HF3O2/c14-13(15,16)11-2-1-10(8-18)12(7-11)9-3-5-17-6-4-9;3-2(4,5)1(6)7/h1-2,7-9,17H,3-6H2;(H,6,7). The van der Waals surface area contributed by atoms with Crippen LogP contribution in [-0.4, -0.2) is 36.6 Å². The van der Waals surface area contributed by atoms with Crippen molar-refractivity contribution in [3.05, 3.63) is 34.9 Å². The minimum Gasteiger partial charge on any atom is -0.475 e. The van der Waals surface area contributed by atoms with E-state index < -0.39 is 23.9 Å². The second-order valence-corrected chi connectivity index (χ2v) is 5.29. The first-order valence-electron chi connectivity index (χ1n) is 7.14. The molecule has 1 saturated heterocycles. The van der Waals surface area contributed by atoms with E-state index >= 15 is 0 Å². The third-order valence-electron chi connectivity index (χ3n) is 3.56. The lowest BCUT2D eigenvalue weighted by Crippen LogP contribution is -2.27. The molecule has 1 aliphatic heterocycles. The van der Waals surface area contributed by atoms with E-state index in [0.29, 0.717) is 17.4 Å². The third kappa shape index (κ3) is 6.37. The van der Waals surface area contributed by atoms with E-state index in [9.17, 15) is 31.1 Å². The van der Waals surface area contributed by atoms with E-state index in [1.54, 1.807) is 0 Å². The maximum atomic E-state index is 12.7. The molecule has 140 valence electrons. The van der Waals surface area contributed by atoms with Gasteiger partial charge in [0.2, 0.25) is 0 Å². The van der Waals surface area contributed by atoms with E-state index in [2.05, 4.69) is 5.32 Å². The molecule has 25 heavy (non-hydrogen) atoms. The molecule has 1 aliphatic rings. The average molecular weight is 371 g/mol. The number of rotatable bonds is 2. The predicted molar refractivity (Wildman–Crippen MR) is 75.4 cm³/mol. The highest BCUT2D eigenvalue weighted by Gasteiger charge is 2.38. The fourth-order valence-electron chi connectivity index (χ4n) is 2.34. The van der Waals surface area contributed by atoms with Crippen LogP contribution >= 0.6 is 0 Å². The molecule has 0 aliphatic carbocycles. The Morgan fingerprint density at radius 1 is 1.12 bits per heavy atom. The number of aldehydes is 1. The molecule has 0 bridgehead atoms. The number of carbonyl (C=O) groups excluding carboxylic acids is 1. The van der Waals surface area contributed by atoms with Gasteiger partial charge in [-0.2, -0.15) is 26.3 Å². The molecule has 2 rings (SSSR count). The van der Waals surface area contributed by atoms with Gasteiger partial charge in [-0.25, -0.2) is 4.79 Å². The summed E-state index contributed by atoms with van der Waals surface area (Å²) in [5.41, 5.74) is 0.220. The molecular weight excluding hydrogens is 356 g/mol. The summed E-state index contributed by atoms with van der Waals surface area (Å²) in [5.74, 6) is -2.72. The van der Waals surface area contributed by atoms with Crippen LogP contribution in [0.25, 0.3) is 0 Å². The van der Waals surface area contributed by atoms with Gasteiger partial charge < -0.3 is 10.4 Å². The van der Waals surface area contributed by atoms with E-state index in [1.165, 1.54) is 6.07 Å². The fourth-order valence-corrected chi connectivity index (χ4v) is 2.34. The van der Waals surface area contributed by atoms with E-state index in [4.69, 9.17) is 9.90 Å². The van der Waals surface area contributed by atoms with Crippen molar-refractivity contribution in [3.8, 4) is 0 Å². The monoisotopic (exact) mass is 371 g/mol. The highest BCUT2D eigenvalue weighted by Crippen LogP contribution is 2.34. The molecule has 0 radical (unpaired) electrons. The second kappa shape index (κ2) is 8.32. The van der Waals surface area contributed by atoms with Crippen LogP contribution in [0.2, 0.25) is 0 Å². The number of carboxylic acid groups (broad SMARTS) is 1. The van der Waals surface area contributed by atoms with Crippen LogP contribution in [-0.2, 0) is 11.0 Å². The lowest BCUT2D eigenvalue weighted by molar-refractivity contribution is -0.192. The smallest absolute Gasteiger partial charge is 0.475 e. The number of benzene rings is 1. The Bertz CT molecular complexity index is 606. The zero-order valence-electron chi connectivity index (χ0n) is 12.7. The van der Waals surface area contributed by atoms with Crippen LogP contribution in [0.3, 0.4) is 0 Å². The predicted octanol–water partition coefficient (Wildman–Crippen LogP) is 3.62. The number of piperidine rings is 1. The highest BCUT2D eigenvalue weighted by molar-refractivity contribution is 5.78. The van der Waals surface area contributed by atoms with E-state index in [0.717, 1.165) is 38.1 Å². The minimum absolute atomic E-state index is 0.0359. The van der Waals surface area contributed by atoms with Crippen molar-refractivity contribution in [2.75, 3.05) is 13.1 Å². The number of nitrogens with one attached hydrogen (secondary N) is 1. The summed E-state index contributed by atoms with van der Waals surface area (Å²) in [6.07, 6.45) is -7.27. The molecule has 4 nitrogen and oxygen atoms in total. The van der Waals surface area contributed by atoms with Gasteiger partial charge in [-0.15, -0.1) is 0 Å². The summed E-state index contributed by atoms with van der Waals surface area (Å²) in [6.45, 7) is 1.55. The minimum atomic E-state index is -5.08. The third-order valence-corrected chi connectivity index (χ3v) is 3.56. The molecule has 1 fully saturated rings. The Morgan fingerprint density at radius 3 is 2.04 bits per heavy atom. The zero-order valence-corrected chi connectivity index (χ0v) is 12.7. The van der Waals surface area contributed by atoms with Crippen LogP contribution in [0.15, 0.2) is 18.2 Å². The lowest BCUT2D eigenvalue weighted by Gasteiger charge is -2.24. The van der Waals surface area contributed by atoms with Gasteiger partial charge in [0.15, 0.2) is 0 Å².